The van der Waals surface area contributed by atoms with Crippen LogP contribution in [-0.2, 0) is 6.54 Å². The van der Waals surface area contributed by atoms with E-state index in [2.05, 4.69) is 4.98 Å². The lowest BCUT2D eigenvalue weighted by atomic mass is 10.2. The zero-order chi connectivity index (χ0) is 13.4. The number of hydrogen-bond acceptors (Lipinski definition) is 3. The first kappa shape index (κ1) is 12.2. The van der Waals surface area contributed by atoms with Crippen molar-refractivity contribution in [3.63, 3.8) is 0 Å². The first-order valence-corrected chi connectivity index (χ1v) is 6.86. The third kappa shape index (κ3) is 2.22. The van der Waals surface area contributed by atoms with Crippen LogP contribution in [0.1, 0.15) is 4.88 Å². The highest BCUT2D eigenvalue weighted by molar-refractivity contribution is 7.09. The topological polar surface area (TPSA) is 54.9 Å². The van der Waals surface area contributed by atoms with Gasteiger partial charge in [-0.2, -0.15) is 0 Å². The van der Waals surface area contributed by atoms with Gasteiger partial charge in [-0.25, -0.2) is 4.79 Å². The molecule has 0 bridgehead atoms. The standard InChI is InChI=1S/C13H9ClN2O2S/c14-8-3-4-10-11(6-8)15-13(18)16(12(10)17)7-9-2-1-5-19-9/h1-6H,7H2,(H,15,18). The van der Waals surface area contributed by atoms with E-state index in [1.165, 1.54) is 15.9 Å². The summed E-state index contributed by atoms with van der Waals surface area (Å²) in [4.78, 5) is 27.9. The van der Waals surface area contributed by atoms with E-state index in [1.807, 2.05) is 17.5 Å². The highest BCUT2D eigenvalue weighted by Crippen LogP contribution is 2.14. The van der Waals surface area contributed by atoms with Crippen LogP contribution >= 0.6 is 22.9 Å². The SMILES string of the molecule is O=c1[nH]c2cc(Cl)ccc2c(=O)n1Cc1cccs1. The Hall–Kier alpha value is -1.85. The van der Waals surface area contributed by atoms with Gasteiger partial charge in [0.15, 0.2) is 0 Å². The van der Waals surface area contributed by atoms with Gasteiger partial charge in [-0.05, 0) is 29.6 Å². The van der Waals surface area contributed by atoms with Gasteiger partial charge in [-0.3, -0.25) is 9.36 Å². The average Bonchev–Trinajstić information content (AvgIpc) is 2.87. The van der Waals surface area contributed by atoms with Crippen molar-refractivity contribution in [1.29, 1.82) is 0 Å². The number of hydrogen-bond donors (Lipinski definition) is 1. The Balaban J connectivity index is 2.23. The minimum absolute atomic E-state index is 0.282. The lowest BCUT2D eigenvalue weighted by Gasteiger charge is -2.05. The molecule has 6 heteroatoms. The van der Waals surface area contributed by atoms with Gasteiger partial charge in [-0.15, -0.1) is 11.3 Å². The Kier molecular flexibility index (Phi) is 3.00. The normalized spacial score (nSPS) is 11.0. The molecular weight excluding hydrogens is 284 g/mol. The van der Waals surface area contributed by atoms with E-state index in [0.717, 1.165) is 4.88 Å². The molecule has 2 heterocycles. The Bertz CT molecular complexity index is 849. The summed E-state index contributed by atoms with van der Waals surface area (Å²) >= 11 is 7.36. The summed E-state index contributed by atoms with van der Waals surface area (Å²) in [5, 5.41) is 2.86. The number of aromatic nitrogens is 2. The smallest absolute Gasteiger partial charge is 0.307 e. The fourth-order valence-corrected chi connectivity index (χ4v) is 2.79. The number of halogens is 1. The van der Waals surface area contributed by atoms with Crippen LogP contribution < -0.4 is 11.2 Å². The molecule has 3 aromatic rings. The molecule has 19 heavy (non-hydrogen) atoms. The number of nitrogens with one attached hydrogen (secondary N) is 1. The van der Waals surface area contributed by atoms with Gasteiger partial charge in [0.05, 0.1) is 17.4 Å². The Labute approximate surface area is 116 Å². The maximum Gasteiger partial charge on any atom is 0.329 e. The first-order chi connectivity index (χ1) is 9.15. The first-order valence-electron chi connectivity index (χ1n) is 5.60. The fraction of sp³-hybridized carbons (Fsp3) is 0.0769. The van der Waals surface area contributed by atoms with E-state index in [1.54, 1.807) is 18.2 Å². The van der Waals surface area contributed by atoms with Gasteiger partial charge >= 0.3 is 5.69 Å². The number of benzene rings is 1. The molecule has 1 aromatic carbocycles. The van der Waals surface area contributed by atoms with Gasteiger partial charge in [0.25, 0.3) is 5.56 Å². The van der Waals surface area contributed by atoms with Gasteiger partial charge in [0.1, 0.15) is 0 Å². The zero-order valence-corrected chi connectivity index (χ0v) is 11.3. The predicted molar refractivity (Wildman–Crippen MR) is 77.3 cm³/mol. The van der Waals surface area contributed by atoms with Crippen LogP contribution in [0.3, 0.4) is 0 Å². The van der Waals surface area contributed by atoms with Crippen molar-refractivity contribution in [3.8, 4) is 0 Å². The molecular formula is C13H9ClN2O2S. The molecule has 0 saturated carbocycles. The van der Waals surface area contributed by atoms with Crippen LogP contribution in [0.4, 0.5) is 0 Å². The molecule has 0 aliphatic heterocycles. The summed E-state index contributed by atoms with van der Waals surface area (Å²) in [7, 11) is 0. The van der Waals surface area contributed by atoms with Crippen molar-refractivity contribution < 1.29 is 0 Å². The van der Waals surface area contributed by atoms with Crippen LogP contribution in [0.25, 0.3) is 10.9 Å². The van der Waals surface area contributed by atoms with Crippen LogP contribution in [0.5, 0.6) is 0 Å². The van der Waals surface area contributed by atoms with Crippen LogP contribution in [0.15, 0.2) is 45.3 Å². The van der Waals surface area contributed by atoms with Crippen LogP contribution in [0.2, 0.25) is 5.02 Å². The minimum atomic E-state index is -0.423. The molecule has 2 aromatic heterocycles. The van der Waals surface area contributed by atoms with E-state index in [4.69, 9.17) is 11.6 Å². The van der Waals surface area contributed by atoms with E-state index < -0.39 is 5.69 Å². The lowest BCUT2D eigenvalue weighted by molar-refractivity contribution is 0.720. The Morgan fingerprint density at radius 1 is 1.26 bits per heavy atom. The molecule has 3 rings (SSSR count). The predicted octanol–water partition coefficient (Wildman–Crippen LogP) is 2.45. The highest BCUT2D eigenvalue weighted by atomic mass is 35.5. The van der Waals surface area contributed by atoms with Crippen molar-refractivity contribution in [3.05, 3.63) is 66.4 Å². The molecule has 0 amide bonds. The van der Waals surface area contributed by atoms with Gasteiger partial charge in [-0.1, -0.05) is 17.7 Å². The van der Waals surface area contributed by atoms with E-state index in [9.17, 15) is 9.59 Å². The van der Waals surface area contributed by atoms with Crippen LogP contribution in [-0.4, -0.2) is 9.55 Å². The molecule has 0 aliphatic rings. The van der Waals surface area contributed by atoms with E-state index >= 15 is 0 Å². The molecule has 0 radical (unpaired) electrons. The molecule has 96 valence electrons. The summed E-state index contributed by atoms with van der Waals surface area (Å²) in [5.74, 6) is 0. The highest BCUT2D eigenvalue weighted by Gasteiger charge is 2.08. The molecule has 0 atom stereocenters. The van der Waals surface area contributed by atoms with Crippen molar-refractivity contribution >= 4 is 33.8 Å². The summed E-state index contributed by atoms with van der Waals surface area (Å²) in [6.07, 6.45) is 0. The zero-order valence-electron chi connectivity index (χ0n) is 9.72. The largest absolute Gasteiger partial charge is 0.329 e. The Morgan fingerprint density at radius 2 is 2.11 bits per heavy atom. The van der Waals surface area contributed by atoms with Crippen LogP contribution in [0, 0.1) is 0 Å². The van der Waals surface area contributed by atoms with Gasteiger partial charge < -0.3 is 4.98 Å². The number of H-pyrrole nitrogens is 1. The third-order valence-electron chi connectivity index (χ3n) is 2.84. The van der Waals surface area contributed by atoms with Crippen molar-refractivity contribution in [2.24, 2.45) is 0 Å². The van der Waals surface area contributed by atoms with Crippen molar-refractivity contribution in [1.82, 2.24) is 9.55 Å². The lowest BCUT2D eigenvalue weighted by Crippen LogP contribution is -2.35. The molecule has 0 fully saturated rings. The summed E-state index contributed by atoms with van der Waals surface area (Å²) < 4.78 is 1.20. The number of rotatable bonds is 2. The summed E-state index contributed by atoms with van der Waals surface area (Å²) in [6, 6.07) is 8.62. The summed E-state index contributed by atoms with van der Waals surface area (Å²) in [5.41, 5.74) is -0.262. The molecule has 1 N–H and O–H groups in total. The van der Waals surface area contributed by atoms with Gasteiger partial charge in [0.2, 0.25) is 0 Å². The molecule has 4 nitrogen and oxygen atoms in total. The second-order valence-electron chi connectivity index (χ2n) is 4.09. The van der Waals surface area contributed by atoms with E-state index in [0.29, 0.717) is 15.9 Å². The maximum atomic E-state index is 12.3. The maximum absolute atomic E-state index is 12.3. The van der Waals surface area contributed by atoms with Crippen molar-refractivity contribution in [2.45, 2.75) is 6.54 Å². The van der Waals surface area contributed by atoms with Crippen molar-refractivity contribution in [2.75, 3.05) is 0 Å². The number of fused-ring (bicyclic) bond motifs is 1. The third-order valence-corrected chi connectivity index (χ3v) is 3.93. The minimum Gasteiger partial charge on any atom is -0.307 e. The molecule has 0 aliphatic carbocycles. The second-order valence-corrected chi connectivity index (χ2v) is 5.56. The molecule has 0 spiro atoms. The summed E-state index contributed by atoms with van der Waals surface area (Å²) in [6.45, 7) is 0.282. The Morgan fingerprint density at radius 3 is 2.84 bits per heavy atom. The number of aromatic amines is 1. The molecule has 0 unspecified atom stereocenters. The van der Waals surface area contributed by atoms with Gasteiger partial charge in [0, 0.05) is 9.90 Å². The number of thiophene rings is 1. The average molecular weight is 293 g/mol. The second kappa shape index (κ2) is 4.68. The number of nitrogens with zero attached hydrogens (tertiary/aromatic N) is 1. The monoisotopic (exact) mass is 292 g/mol. The molecule has 0 saturated heterocycles. The quantitative estimate of drug-likeness (QED) is 0.789. The fourth-order valence-electron chi connectivity index (χ4n) is 1.93. The van der Waals surface area contributed by atoms with E-state index in [-0.39, 0.29) is 12.1 Å².